The van der Waals surface area contributed by atoms with Gasteiger partial charge >= 0.3 is 6.03 Å². The average Bonchev–Trinajstić information content (AvgIpc) is 3.21. The first kappa shape index (κ1) is 21.0. The molecule has 162 valence electrons. The van der Waals surface area contributed by atoms with Gasteiger partial charge in [-0.2, -0.15) is 0 Å². The lowest BCUT2D eigenvalue weighted by atomic mass is 9.94. The molecule has 2 amide bonds. The first-order chi connectivity index (χ1) is 14.4. The predicted octanol–water partition coefficient (Wildman–Crippen LogP) is 3.36. The monoisotopic (exact) mass is 453 g/mol. The van der Waals surface area contributed by atoms with Gasteiger partial charge in [0.25, 0.3) is 0 Å². The second kappa shape index (κ2) is 8.49. The molecule has 0 saturated carbocycles. The van der Waals surface area contributed by atoms with Crippen LogP contribution in [0.15, 0.2) is 33.8 Å². The Morgan fingerprint density at radius 3 is 2.73 bits per heavy atom. The summed E-state index contributed by atoms with van der Waals surface area (Å²) in [6.07, 6.45) is 5.03. The largest absolute Gasteiger partial charge is 0.504 e. The van der Waals surface area contributed by atoms with Gasteiger partial charge in [-0.3, -0.25) is 0 Å². The van der Waals surface area contributed by atoms with E-state index in [4.69, 9.17) is 16.0 Å². The highest BCUT2D eigenvalue weighted by Crippen LogP contribution is 2.40. The number of phenolic OH excluding ortho intramolecular Hbond substituents is 1. The highest BCUT2D eigenvalue weighted by Gasteiger charge is 2.34. The van der Waals surface area contributed by atoms with Crippen molar-refractivity contribution in [2.24, 2.45) is 0 Å². The van der Waals surface area contributed by atoms with Crippen LogP contribution in [0.2, 0.25) is 5.02 Å². The van der Waals surface area contributed by atoms with E-state index in [2.05, 4.69) is 16.0 Å². The fourth-order valence-corrected chi connectivity index (χ4v) is 6.52. The van der Waals surface area contributed by atoms with Crippen molar-refractivity contribution in [3.63, 3.8) is 0 Å². The number of urea groups is 1. The van der Waals surface area contributed by atoms with Crippen LogP contribution in [-0.2, 0) is 16.3 Å². The number of sulfone groups is 1. The summed E-state index contributed by atoms with van der Waals surface area (Å²) in [4.78, 5) is 12.2. The van der Waals surface area contributed by atoms with E-state index in [0.29, 0.717) is 25.9 Å². The predicted molar refractivity (Wildman–Crippen MR) is 113 cm³/mol. The molecule has 10 heteroatoms. The van der Waals surface area contributed by atoms with Crippen LogP contribution in [0.1, 0.15) is 43.0 Å². The summed E-state index contributed by atoms with van der Waals surface area (Å²) in [6, 6.07) is 3.81. The zero-order chi connectivity index (χ0) is 21.3. The quantitative estimate of drug-likeness (QED) is 0.527. The van der Waals surface area contributed by atoms with E-state index in [1.807, 2.05) is 6.07 Å². The minimum Gasteiger partial charge on any atom is -0.504 e. The Bertz CT molecular complexity index is 1050. The van der Waals surface area contributed by atoms with Crippen molar-refractivity contribution in [2.75, 3.05) is 18.4 Å². The van der Waals surface area contributed by atoms with E-state index >= 15 is 0 Å². The Hall–Kier alpha value is -2.23. The average molecular weight is 454 g/mol. The first-order valence-electron chi connectivity index (χ1n) is 9.98. The smallest absolute Gasteiger partial charge is 0.319 e. The van der Waals surface area contributed by atoms with Gasteiger partial charge in [0.2, 0.25) is 0 Å². The van der Waals surface area contributed by atoms with E-state index in [1.54, 1.807) is 6.26 Å². The highest BCUT2D eigenvalue weighted by molar-refractivity contribution is 7.92. The Kier molecular flexibility index (Phi) is 5.95. The molecule has 0 unspecified atom stereocenters. The number of hydrogen-bond acceptors (Lipinski definition) is 6. The van der Waals surface area contributed by atoms with Gasteiger partial charge in [-0.25, -0.2) is 13.2 Å². The number of nitrogens with one attached hydrogen (secondary N) is 3. The maximum absolute atomic E-state index is 13.1. The lowest BCUT2D eigenvalue weighted by Gasteiger charge is -2.24. The number of aryl methyl sites for hydroxylation is 1. The van der Waals surface area contributed by atoms with Crippen LogP contribution >= 0.6 is 11.6 Å². The Morgan fingerprint density at radius 1 is 1.20 bits per heavy atom. The van der Waals surface area contributed by atoms with E-state index < -0.39 is 26.9 Å². The number of amides is 2. The molecule has 1 aromatic carbocycles. The summed E-state index contributed by atoms with van der Waals surface area (Å²) < 4.78 is 31.7. The molecule has 30 heavy (non-hydrogen) atoms. The van der Waals surface area contributed by atoms with Gasteiger partial charge < -0.3 is 25.5 Å². The van der Waals surface area contributed by atoms with Crippen molar-refractivity contribution >= 4 is 33.2 Å². The third kappa shape index (κ3) is 4.01. The molecule has 1 aliphatic heterocycles. The number of furan rings is 1. The van der Waals surface area contributed by atoms with Crippen LogP contribution in [0, 0.1) is 0 Å². The zero-order valence-corrected chi connectivity index (χ0v) is 17.9. The number of halogens is 1. The van der Waals surface area contributed by atoms with Crippen molar-refractivity contribution in [3.8, 4) is 5.75 Å². The fourth-order valence-electron chi connectivity index (χ4n) is 4.13. The van der Waals surface area contributed by atoms with Gasteiger partial charge in [0.15, 0.2) is 15.6 Å². The number of anilines is 1. The molecule has 1 fully saturated rings. The van der Waals surface area contributed by atoms with Crippen LogP contribution in [0.4, 0.5) is 10.5 Å². The van der Waals surface area contributed by atoms with Crippen LogP contribution in [0.5, 0.6) is 5.75 Å². The third-order valence-electron chi connectivity index (χ3n) is 5.68. The summed E-state index contributed by atoms with van der Waals surface area (Å²) in [5.41, 5.74) is 1.05. The molecule has 8 nitrogen and oxygen atoms in total. The summed E-state index contributed by atoms with van der Waals surface area (Å²) >= 11 is 6.15. The fraction of sp³-hybridized carbons (Fsp3) is 0.450. The lowest BCUT2D eigenvalue weighted by Crippen LogP contribution is -2.36. The maximum atomic E-state index is 13.1. The van der Waals surface area contributed by atoms with Crippen LogP contribution in [0.3, 0.4) is 0 Å². The molecule has 4 N–H and O–H groups in total. The number of carbonyl (C=O) groups excluding carboxylic acids is 1. The van der Waals surface area contributed by atoms with E-state index in [-0.39, 0.29) is 21.6 Å². The van der Waals surface area contributed by atoms with Gasteiger partial charge in [-0.1, -0.05) is 11.6 Å². The SMILES string of the molecule is O=C(Nc1ccc(Cl)c(S(=O)(=O)C2CCNCC2)c1O)N[C@@H]1CCCc2ccoc21. The molecule has 1 saturated heterocycles. The minimum absolute atomic E-state index is 0.0140. The lowest BCUT2D eigenvalue weighted by molar-refractivity contribution is 0.244. The number of aromatic hydroxyl groups is 1. The standard InChI is InChI=1S/C20H24ClN3O5S/c21-14-4-5-15(17(25)19(14)30(27,28)13-6-9-22-10-7-13)23-20(26)24-16-3-1-2-12-8-11-29-18(12)16/h4-5,8,11,13,16,22,25H,1-3,6-7,9-10H2,(H2,23,24,26)/t16-/m1/s1. The third-order valence-corrected chi connectivity index (χ3v) is 8.44. The van der Waals surface area contributed by atoms with Gasteiger partial charge in [-0.15, -0.1) is 0 Å². The number of phenols is 1. The van der Waals surface area contributed by atoms with Crippen LogP contribution in [0.25, 0.3) is 0 Å². The number of hydrogen-bond donors (Lipinski definition) is 4. The molecule has 2 aliphatic rings. The van der Waals surface area contributed by atoms with Gasteiger partial charge in [0, 0.05) is 0 Å². The molecule has 0 radical (unpaired) electrons. The van der Waals surface area contributed by atoms with Crippen molar-refractivity contribution in [3.05, 3.63) is 40.8 Å². The van der Waals surface area contributed by atoms with E-state index in [9.17, 15) is 18.3 Å². The van der Waals surface area contributed by atoms with Gasteiger partial charge in [-0.05, 0) is 69.0 Å². The minimum atomic E-state index is -3.85. The molecule has 1 atom stereocenters. The van der Waals surface area contributed by atoms with Crippen molar-refractivity contribution < 1.29 is 22.7 Å². The molecular weight excluding hydrogens is 430 g/mol. The number of carbonyl (C=O) groups is 1. The highest BCUT2D eigenvalue weighted by atomic mass is 35.5. The molecule has 0 bridgehead atoms. The van der Waals surface area contributed by atoms with Gasteiger partial charge in [0.1, 0.15) is 10.7 Å². The summed E-state index contributed by atoms with van der Waals surface area (Å²) in [7, 11) is -3.85. The topological polar surface area (TPSA) is 121 Å². The molecule has 1 aromatic heterocycles. The number of fused-ring (bicyclic) bond motifs is 1. The van der Waals surface area contributed by atoms with Gasteiger partial charge in [0.05, 0.1) is 28.3 Å². The molecular formula is C20H24ClN3O5S. The van der Waals surface area contributed by atoms with Crippen molar-refractivity contribution in [2.45, 2.75) is 48.3 Å². The summed E-state index contributed by atoms with van der Waals surface area (Å²) in [5, 5.41) is 18.5. The Labute approximate surface area is 179 Å². The molecule has 1 aliphatic carbocycles. The second-order valence-corrected chi connectivity index (χ2v) is 10.2. The summed E-state index contributed by atoms with van der Waals surface area (Å²) in [6.45, 7) is 1.16. The maximum Gasteiger partial charge on any atom is 0.319 e. The van der Waals surface area contributed by atoms with E-state index in [1.165, 1.54) is 12.1 Å². The Morgan fingerprint density at radius 2 is 1.97 bits per heavy atom. The first-order valence-corrected chi connectivity index (χ1v) is 11.9. The van der Waals surface area contributed by atoms with Crippen LogP contribution < -0.4 is 16.0 Å². The normalized spacial score (nSPS) is 19.8. The van der Waals surface area contributed by atoms with Crippen LogP contribution in [-0.4, -0.2) is 37.9 Å². The second-order valence-electron chi connectivity index (χ2n) is 7.62. The molecule has 2 heterocycles. The van der Waals surface area contributed by atoms with Crippen molar-refractivity contribution in [1.29, 1.82) is 0 Å². The zero-order valence-electron chi connectivity index (χ0n) is 16.3. The Balaban J connectivity index is 1.54. The molecule has 2 aromatic rings. The summed E-state index contributed by atoms with van der Waals surface area (Å²) in [5.74, 6) is 0.185. The number of piperidine rings is 1. The number of benzene rings is 1. The molecule has 0 spiro atoms. The van der Waals surface area contributed by atoms with E-state index in [0.717, 1.165) is 30.6 Å². The van der Waals surface area contributed by atoms with Crippen molar-refractivity contribution in [1.82, 2.24) is 10.6 Å². The molecule has 4 rings (SSSR count). The number of rotatable bonds is 4.